The van der Waals surface area contributed by atoms with Crippen molar-refractivity contribution in [2.24, 2.45) is 0 Å². The van der Waals surface area contributed by atoms with E-state index in [1.165, 1.54) is 11.5 Å². The fourth-order valence-electron chi connectivity index (χ4n) is 1.12. The molecule has 0 saturated heterocycles. The molecule has 0 N–H and O–H groups in total. The summed E-state index contributed by atoms with van der Waals surface area (Å²) in [4.78, 5) is 10.7. The molecule has 64 valence electrons. The highest BCUT2D eigenvalue weighted by atomic mass is 32.1. The molecule has 0 bridgehead atoms. The quantitative estimate of drug-likeness (QED) is 0.680. The topological polar surface area (TPSA) is 42.9 Å². The molecule has 0 radical (unpaired) electrons. The van der Waals surface area contributed by atoms with Gasteiger partial charge in [-0.15, -0.1) is 5.10 Å². The fraction of sp³-hybridized carbons (Fsp3) is 0. The standard InChI is InChI=1S/C9H6N2OS/c12-5-7-3-1-2-4-8(7)9-6-13-11-10-9/h1-6H. The van der Waals surface area contributed by atoms with Crippen molar-refractivity contribution in [2.75, 3.05) is 0 Å². The monoisotopic (exact) mass is 190 g/mol. The van der Waals surface area contributed by atoms with E-state index in [2.05, 4.69) is 9.59 Å². The fourth-order valence-corrected chi connectivity index (χ4v) is 1.57. The summed E-state index contributed by atoms with van der Waals surface area (Å²) < 4.78 is 3.75. The van der Waals surface area contributed by atoms with Gasteiger partial charge in [0, 0.05) is 16.5 Å². The van der Waals surface area contributed by atoms with Crippen LogP contribution >= 0.6 is 11.5 Å². The van der Waals surface area contributed by atoms with Gasteiger partial charge < -0.3 is 0 Å². The van der Waals surface area contributed by atoms with E-state index in [1.54, 1.807) is 6.07 Å². The average molecular weight is 190 g/mol. The Kier molecular flexibility index (Phi) is 2.14. The van der Waals surface area contributed by atoms with E-state index in [1.807, 2.05) is 23.6 Å². The van der Waals surface area contributed by atoms with Gasteiger partial charge in [-0.05, 0) is 11.5 Å². The van der Waals surface area contributed by atoms with Crippen LogP contribution in [0.25, 0.3) is 11.3 Å². The van der Waals surface area contributed by atoms with E-state index >= 15 is 0 Å². The maximum absolute atomic E-state index is 10.7. The minimum absolute atomic E-state index is 0.648. The maximum Gasteiger partial charge on any atom is 0.150 e. The SMILES string of the molecule is O=Cc1ccccc1-c1csnn1. The molecule has 0 fully saturated rings. The van der Waals surface area contributed by atoms with Crippen molar-refractivity contribution in [3.63, 3.8) is 0 Å². The first-order valence-electron chi connectivity index (χ1n) is 3.73. The number of hydrogen-bond donors (Lipinski definition) is 0. The first-order chi connectivity index (χ1) is 6.42. The van der Waals surface area contributed by atoms with Gasteiger partial charge in [-0.2, -0.15) is 0 Å². The van der Waals surface area contributed by atoms with Crippen molar-refractivity contribution in [3.8, 4) is 11.3 Å². The van der Waals surface area contributed by atoms with Crippen LogP contribution in [0.5, 0.6) is 0 Å². The Balaban J connectivity index is 2.57. The zero-order valence-corrected chi connectivity index (χ0v) is 7.49. The summed E-state index contributed by atoms with van der Waals surface area (Å²) in [5.41, 5.74) is 2.24. The van der Waals surface area contributed by atoms with Gasteiger partial charge in [-0.1, -0.05) is 28.8 Å². The molecule has 3 nitrogen and oxygen atoms in total. The molecule has 2 rings (SSSR count). The highest BCUT2D eigenvalue weighted by Crippen LogP contribution is 2.20. The third kappa shape index (κ3) is 1.48. The van der Waals surface area contributed by atoms with Crippen LogP contribution in [-0.2, 0) is 0 Å². The van der Waals surface area contributed by atoms with Gasteiger partial charge >= 0.3 is 0 Å². The molecule has 1 aromatic carbocycles. The number of benzene rings is 1. The molecule has 0 aliphatic heterocycles. The zero-order chi connectivity index (χ0) is 9.10. The van der Waals surface area contributed by atoms with Crippen LogP contribution in [0, 0.1) is 0 Å². The maximum atomic E-state index is 10.7. The number of hydrogen-bond acceptors (Lipinski definition) is 4. The first kappa shape index (κ1) is 8.07. The van der Waals surface area contributed by atoms with Crippen LogP contribution in [0.1, 0.15) is 10.4 Å². The Morgan fingerprint density at radius 3 is 2.85 bits per heavy atom. The van der Waals surface area contributed by atoms with E-state index in [0.717, 1.165) is 17.5 Å². The lowest BCUT2D eigenvalue weighted by Crippen LogP contribution is -1.86. The summed E-state index contributed by atoms with van der Waals surface area (Å²) in [7, 11) is 0. The van der Waals surface area contributed by atoms with Crippen molar-refractivity contribution in [1.29, 1.82) is 0 Å². The molecule has 0 aliphatic carbocycles. The van der Waals surface area contributed by atoms with Gasteiger partial charge in [0.15, 0.2) is 6.29 Å². The largest absolute Gasteiger partial charge is 0.298 e. The predicted molar refractivity (Wildman–Crippen MR) is 50.7 cm³/mol. The van der Waals surface area contributed by atoms with Gasteiger partial charge in [-0.3, -0.25) is 4.79 Å². The van der Waals surface area contributed by atoms with E-state index in [-0.39, 0.29) is 0 Å². The lowest BCUT2D eigenvalue weighted by Gasteiger charge is -1.97. The number of nitrogens with zero attached hydrogens (tertiary/aromatic N) is 2. The minimum atomic E-state index is 0.648. The molecular weight excluding hydrogens is 184 g/mol. The normalized spacial score (nSPS) is 9.85. The molecular formula is C9H6N2OS. The molecule has 2 aromatic rings. The lowest BCUT2D eigenvalue weighted by molar-refractivity contribution is 0.112. The van der Waals surface area contributed by atoms with Crippen LogP contribution in [0.2, 0.25) is 0 Å². The number of carbonyl (C=O) groups is 1. The van der Waals surface area contributed by atoms with Gasteiger partial charge in [0.2, 0.25) is 0 Å². The Morgan fingerprint density at radius 2 is 2.15 bits per heavy atom. The highest BCUT2D eigenvalue weighted by molar-refractivity contribution is 7.03. The molecule has 0 atom stereocenters. The van der Waals surface area contributed by atoms with Crippen LogP contribution < -0.4 is 0 Å². The Bertz CT molecular complexity index is 411. The predicted octanol–water partition coefficient (Wildman–Crippen LogP) is 2.02. The first-order valence-corrected chi connectivity index (χ1v) is 4.57. The summed E-state index contributed by atoms with van der Waals surface area (Å²) in [6, 6.07) is 7.33. The zero-order valence-electron chi connectivity index (χ0n) is 6.68. The Labute approximate surface area is 79.2 Å². The molecule has 1 aromatic heterocycles. The highest BCUT2D eigenvalue weighted by Gasteiger charge is 2.04. The Hall–Kier alpha value is -1.55. The molecule has 0 saturated carbocycles. The molecule has 4 heteroatoms. The molecule has 1 heterocycles. The van der Waals surface area contributed by atoms with Crippen molar-refractivity contribution in [3.05, 3.63) is 35.2 Å². The Morgan fingerprint density at radius 1 is 1.31 bits per heavy atom. The van der Waals surface area contributed by atoms with Crippen LogP contribution in [0.4, 0.5) is 0 Å². The van der Waals surface area contributed by atoms with E-state index in [0.29, 0.717) is 5.56 Å². The van der Waals surface area contributed by atoms with Crippen molar-refractivity contribution >= 4 is 17.8 Å². The van der Waals surface area contributed by atoms with Gasteiger partial charge in [0.1, 0.15) is 5.69 Å². The second kappa shape index (κ2) is 3.45. The molecule has 13 heavy (non-hydrogen) atoms. The van der Waals surface area contributed by atoms with Crippen LogP contribution in [-0.4, -0.2) is 15.9 Å². The van der Waals surface area contributed by atoms with Crippen LogP contribution in [0.3, 0.4) is 0 Å². The summed E-state index contributed by atoms with van der Waals surface area (Å²) in [6.07, 6.45) is 0.828. The smallest absolute Gasteiger partial charge is 0.150 e. The van der Waals surface area contributed by atoms with Crippen LogP contribution in [0.15, 0.2) is 29.6 Å². The number of rotatable bonds is 2. The van der Waals surface area contributed by atoms with Gasteiger partial charge in [-0.25, -0.2) is 0 Å². The van der Waals surface area contributed by atoms with E-state index in [4.69, 9.17) is 0 Å². The number of aldehydes is 1. The van der Waals surface area contributed by atoms with E-state index < -0.39 is 0 Å². The van der Waals surface area contributed by atoms with Gasteiger partial charge in [0.25, 0.3) is 0 Å². The minimum Gasteiger partial charge on any atom is -0.298 e. The second-order valence-electron chi connectivity index (χ2n) is 2.50. The summed E-state index contributed by atoms with van der Waals surface area (Å²) in [5, 5.41) is 5.73. The lowest BCUT2D eigenvalue weighted by atomic mass is 10.1. The molecule has 0 amide bonds. The number of aromatic nitrogens is 2. The average Bonchev–Trinajstić information content (AvgIpc) is 2.70. The van der Waals surface area contributed by atoms with E-state index in [9.17, 15) is 4.79 Å². The van der Waals surface area contributed by atoms with Crippen molar-refractivity contribution < 1.29 is 4.79 Å². The van der Waals surface area contributed by atoms with Crippen molar-refractivity contribution in [1.82, 2.24) is 9.59 Å². The third-order valence-electron chi connectivity index (χ3n) is 1.72. The van der Waals surface area contributed by atoms with Crippen molar-refractivity contribution in [2.45, 2.75) is 0 Å². The summed E-state index contributed by atoms with van der Waals surface area (Å²) in [6.45, 7) is 0. The molecule has 0 unspecified atom stereocenters. The molecule has 0 aliphatic rings. The second-order valence-corrected chi connectivity index (χ2v) is 3.11. The summed E-state index contributed by atoms with van der Waals surface area (Å²) in [5.74, 6) is 0. The number of carbonyl (C=O) groups excluding carboxylic acids is 1. The van der Waals surface area contributed by atoms with Gasteiger partial charge in [0.05, 0.1) is 0 Å². The third-order valence-corrected chi connectivity index (χ3v) is 2.23. The summed E-state index contributed by atoms with van der Waals surface area (Å²) >= 11 is 1.28. The molecule has 0 spiro atoms.